The molecular formula is C19H19Cl2N3O2. The first kappa shape index (κ1) is 19.9. The van der Waals surface area contributed by atoms with Crippen molar-refractivity contribution in [3.63, 3.8) is 0 Å². The molecule has 1 unspecified atom stereocenters. The molecule has 5 nitrogen and oxygen atoms in total. The van der Waals surface area contributed by atoms with Crippen molar-refractivity contribution in [1.29, 1.82) is 0 Å². The highest BCUT2D eigenvalue weighted by atomic mass is 35.5. The molecule has 136 valence electrons. The van der Waals surface area contributed by atoms with E-state index >= 15 is 0 Å². The first-order valence-corrected chi connectivity index (χ1v) is 8.74. The van der Waals surface area contributed by atoms with Gasteiger partial charge < -0.3 is 11.1 Å². The number of carbonyl (C=O) groups excluding carboxylic acids is 2. The molecule has 2 aromatic rings. The minimum Gasteiger partial charge on any atom is -0.383 e. The second kappa shape index (κ2) is 8.83. The summed E-state index contributed by atoms with van der Waals surface area (Å²) in [5.41, 5.74) is 6.84. The fourth-order valence-electron chi connectivity index (χ4n) is 2.24. The number of carbonyl (C=O) groups is 2. The third-order valence-electron chi connectivity index (χ3n) is 3.70. The molecule has 0 fully saturated rings. The van der Waals surface area contributed by atoms with E-state index < -0.39 is 17.9 Å². The maximum Gasteiger partial charge on any atom is 0.270 e. The van der Waals surface area contributed by atoms with Crippen LogP contribution in [0.1, 0.15) is 29.8 Å². The number of amides is 2. The first-order valence-electron chi connectivity index (χ1n) is 7.99. The highest BCUT2D eigenvalue weighted by Gasteiger charge is 2.25. The smallest absolute Gasteiger partial charge is 0.270 e. The number of nitrogens with two attached hydrogens (primary N) is 1. The van der Waals surface area contributed by atoms with E-state index in [1.807, 2.05) is 19.9 Å². The Morgan fingerprint density at radius 1 is 1.00 bits per heavy atom. The Balaban J connectivity index is 2.18. The Morgan fingerprint density at radius 2 is 1.65 bits per heavy atom. The van der Waals surface area contributed by atoms with E-state index in [9.17, 15) is 9.59 Å². The average molecular weight is 392 g/mol. The van der Waals surface area contributed by atoms with Crippen molar-refractivity contribution >= 4 is 40.9 Å². The summed E-state index contributed by atoms with van der Waals surface area (Å²) < 4.78 is 0. The number of halogens is 2. The molecular weight excluding hydrogens is 373 g/mol. The second-order valence-electron chi connectivity index (χ2n) is 6.03. The van der Waals surface area contributed by atoms with Crippen molar-refractivity contribution in [1.82, 2.24) is 5.32 Å². The zero-order valence-electron chi connectivity index (χ0n) is 14.4. The Labute approximate surface area is 162 Å². The van der Waals surface area contributed by atoms with Gasteiger partial charge in [0.2, 0.25) is 0 Å². The summed E-state index contributed by atoms with van der Waals surface area (Å²) in [4.78, 5) is 28.9. The van der Waals surface area contributed by atoms with Crippen LogP contribution < -0.4 is 11.1 Å². The molecule has 0 saturated carbocycles. The van der Waals surface area contributed by atoms with Gasteiger partial charge in [0.25, 0.3) is 11.8 Å². The molecule has 1 atom stereocenters. The highest BCUT2D eigenvalue weighted by Crippen LogP contribution is 2.22. The summed E-state index contributed by atoms with van der Waals surface area (Å²) in [5, 5.41) is 3.29. The molecule has 0 aliphatic carbocycles. The van der Waals surface area contributed by atoms with Gasteiger partial charge >= 0.3 is 0 Å². The van der Waals surface area contributed by atoms with Gasteiger partial charge in [-0.05, 0) is 24.1 Å². The maximum absolute atomic E-state index is 12.5. The van der Waals surface area contributed by atoms with E-state index in [4.69, 9.17) is 28.9 Å². The predicted octanol–water partition coefficient (Wildman–Crippen LogP) is 3.68. The summed E-state index contributed by atoms with van der Waals surface area (Å²) in [5.74, 6) is -1.04. The molecule has 26 heavy (non-hydrogen) atoms. The van der Waals surface area contributed by atoms with Gasteiger partial charge in [0.15, 0.2) is 0 Å². The number of hydrogen-bond acceptors (Lipinski definition) is 2. The summed E-state index contributed by atoms with van der Waals surface area (Å²) in [7, 11) is 0. The van der Waals surface area contributed by atoms with Gasteiger partial charge in [0.1, 0.15) is 11.9 Å². The number of amidine groups is 1. The Bertz CT molecular complexity index is 836. The summed E-state index contributed by atoms with van der Waals surface area (Å²) in [6.45, 7) is 3.62. The number of nitrogens with one attached hydrogen (secondary N) is 1. The van der Waals surface area contributed by atoms with Crippen molar-refractivity contribution in [2.45, 2.75) is 19.9 Å². The minimum absolute atomic E-state index is 0.102. The van der Waals surface area contributed by atoms with Crippen LogP contribution in [0.2, 0.25) is 10.0 Å². The normalized spacial score (nSPS) is 12.7. The van der Waals surface area contributed by atoms with Crippen molar-refractivity contribution in [2.75, 3.05) is 0 Å². The third kappa shape index (κ3) is 5.07. The molecule has 3 N–H and O–H groups in total. The lowest BCUT2D eigenvalue weighted by Gasteiger charge is -2.19. The number of aliphatic imine (C=N–C) groups is 1. The Morgan fingerprint density at radius 3 is 2.23 bits per heavy atom. The molecule has 0 saturated heterocycles. The lowest BCUT2D eigenvalue weighted by molar-refractivity contribution is -0.120. The second-order valence-corrected chi connectivity index (χ2v) is 6.84. The zero-order valence-corrected chi connectivity index (χ0v) is 15.9. The molecule has 7 heteroatoms. The molecule has 0 aliphatic rings. The van der Waals surface area contributed by atoms with E-state index in [0.717, 1.165) is 0 Å². The van der Waals surface area contributed by atoms with E-state index in [2.05, 4.69) is 10.3 Å². The predicted molar refractivity (Wildman–Crippen MR) is 105 cm³/mol. The summed E-state index contributed by atoms with van der Waals surface area (Å²) in [6.07, 6.45) is 0. The molecule has 0 spiro atoms. The molecule has 2 rings (SSSR count). The quantitative estimate of drug-likeness (QED) is 0.601. The van der Waals surface area contributed by atoms with Crippen LogP contribution in [-0.2, 0) is 4.79 Å². The molecule has 0 heterocycles. The van der Waals surface area contributed by atoms with Gasteiger partial charge in [-0.3, -0.25) is 9.59 Å². The van der Waals surface area contributed by atoms with E-state index in [-0.39, 0.29) is 16.8 Å². The molecule has 0 aromatic heterocycles. The molecule has 0 radical (unpaired) electrons. The molecule has 2 amide bonds. The number of rotatable bonds is 5. The number of hydrogen-bond donors (Lipinski definition) is 2. The van der Waals surface area contributed by atoms with Gasteiger partial charge in [0, 0.05) is 11.1 Å². The van der Waals surface area contributed by atoms with Gasteiger partial charge in [0.05, 0.1) is 10.0 Å². The standard InChI is InChI=1S/C19H19Cl2N3O2/c1-11(2)16(19(26)24-17(22)12-6-4-3-5-7-12)23-18(25)13-8-9-14(20)15(21)10-13/h3-11,16H,1-2H3,(H,23,25)(H2,22,24,26). The Kier molecular flexibility index (Phi) is 6.77. The van der Waals surface area contributed by atoms with Crippen LogP contribution in [0.15, 0.2) is 53.5 Å². The van der Waals surface area contributed by atoms with Gasteiger partial charge in [-0.15, -0.1) is 0 Å². The zero-order chi connectivity index (χ0) is 19.3. The lowest BCUT2D eigenvalue weighted by atomic mass is 10.0. The van der Waals surface area contributed by atoms with Crippen LogP contribution >= 0.6 is 23.2 Å². The van der Waals surface area contributed by atoms with Crippen molar-refractivity contribution < 1.29 is 9.59 Å². The van der Waals surface area contributed by atoms with Gasteiger partial charge in [-0.25, -0.2) is 0 Å². The van der Waals surface area contributed by atoms with Gasteiger partial charge in [-0.2, -0.15) is 4.99 Å². The highest BCUT2D eigenvalue weighted by molar-refractivity contribution is 6.42. The maximum atomic E-state index is 12.5. The van der Waals surface area contributed by atoms with E-state index in [0.29, 0.717) is 16.1 Å². The van der Waals surface area contributed by atoms with E-state index in [1.165, 1.54) is 18.2 Å². The summed E-state index contributed by atoms with van der Waals surface area (Å²) >= 11 is 11.8. The van der Waals surface area contributed by atoms with Crippen molar-refractivity contribution in [3.8, 4) is 0 Å². The average Bonchev–Trinajstić information content (AvgIpc) is 2.62. The van der Waals surface area contributed by atoms with Gasteiger partial charge in [-0.1, -0.05) is 67.4 Å². The first-order chi connectivity index (χ1) is 12.3. The van der Waals surface area contributed by atoms with Crippen molar-refractivity contribution in [2.24, 2.45) is 16.6 Å². The lowest BCUT2D eigenvalue weighted by Crippen LogP contribution is -2.44. The fourth-order valence-corrected chi connectivity index (χ4v) is 2.54. The fraction of sp³-hybridized carbons (Fsp3) is 0.211. The minimum atomic E-state index is -0.820. The van der Waals surface area contributed by atoms with E-state index in [1.54, 1.807) is 24.3 Å². The summed E-state index contributed by atoms with van der Waals surface area (Å²) in [6, 6.07) is 12.6. The topological polar surface area (TPSA) is 84.5 Å². The molecule has 0 bridgehead atoms. The van der Waals surface area contributed by atoms with Crippen LogP contribution in [0.4, 0.5) is 0 Å². The van der Waals surface area contributed by atoms with Crippen LogP contribution in [0.5, 0.6) is 0 Å². The largest absolute Gasteiger partial charge is 0.383 e. The number of nitrogens with zero attached hydrogens (tertiary/aromatic N) is 1. The van der Waals surface area contributed by atoms with Crippen LogP contribution in [-0.4, -0.2) is 23.7 Å². The van der Waals surface area contributed by atoms with Crippen LogP contribution in [0.3, 0.4) is 0 Å². The Hall–Kier alpha value is -2.37. The number of benzene rings is 2. The van der Waals surface area contributed by atoms with Crippen LogP contribution in [0.25, 0.3) is 0 Å². The van der Waals surface area contributed by atoms with Crippen molar-refractivity contribution in [3.05, 3.63) is 69.7 Å². The monoisotopic (exact) mass is 391 g/mol. The molecule has 2 aromatic carbocycles. The third-order valence-corrected chi connectivity index (χ3v) is 4.44. The SMILES string of the molecule is CC(C)C(NC(=O)c1ccc(Cl)c(Cl)c1)C(=O)N=C(N)c1ccccc1. The molecule has 0 aliphatic heterocycles. The van der Waals surface area contributed by atoms with Crippen LogP contribution in [0, 0.1) is 5.92 Å².